The molecule has 0 atom stereocenters. The normalized spacial score (nSPS) is 22.8. The van der Waals surface area contributed by atoms with E-state index in [1.807, 2.05) is 0 Å². The summed E-state index contributed by atoms with van der Waals surface area (Å²) in [6, 6.07) is 0. The summed E-state index contributed by atoms with van der Waals surface area (Å²) < 4.78 is 28.8. The summed E-state index contributed by atoms with van der Waals surface area (Å²) in [7, 11) is -1.89. The summed E-state index contributed by atoms with van der Waals surface area (Å²) in [5.41, 5.74) is 5.54. The minimum absolute atomic E-state index is 0.236. The van der Waals surface area contributed by atoms with Crippen LogP contribution in [0.2, 0.25) is 0 Å². The molecule has 3 rings (SSSR count). The number of hydrogen-bond donors (Lipinski definition) is 1. The van der Waals surface area contributed by atoms with Crippen LogP contribution in [0.15, 0.2) is 11.1 Å². The number of nitrogens with zero attached hydrogens (tertiary/aromatic N) is 4. The lowest BCUT2D eigenvalue weighted by Gasteiger charge is -2.47. The average Bonchev–Trinajstić information content (AvgIpc) is 2.94. The quantitative estimate of drug-likeness (QED) is 0.818. The highest BCUT2D eigenvalue weighted by Crippen LogP contribution is 2.33. The number of amides is 1. The maximum absolute atomic E-state index is 12.9. The standard InChI is InChI=1S/C16H27N5O3S/c1-13-14(12-19(2)18-13)25(23,24)21-10-6-16(7-11-21,15(17)22)20-8-4-3-5-9-20/h12H,3-11H2,1-2H3,(H2,17,22). The Labute approximate surface area is 149 Å². The van der Waals surface area contributed by atoms with Crippen molar-refractivity contribution in [3.05, 3.63) is 11.9 Å². The Bertz CT molecular complexity index is 744. The molecule has 0 bridgehead atoms. The predicted molar refractivity (Wildman–Crippen MR) is 93.3 cm³/mol. The number of aromatic nitrogens is 2. The van der Waals surface area contributed by atoms with Gasteiger partial charge in [0.15, 0.2) is 0 Å². The van der Waals surface area contributed by atoms with E-state index in [-0.39, 0.29) is 10.8 Å². The Hall–Kier alpha value is -1.45. The minimum Gasteiger partial charge on any atom is -0.368 e. The molecule has 9 heteroatoms. The van der Waals surface area contributed by atoms with E-state index in [4.69, 9.17) is 5.73 Å². The average molecular weight is 369 g/mol. The fraction of sp³-hybridized carbons (Fsp3) is 0.750. The zero-order valence-electron chi connectivity index (χ0n) is 14.9. The van der Waals surface area contributed by atoms with Gasteiger partial charge >= 0.3 is 0 Å². The third kappa shape index (κ3) is 3.20. The largest absolute Gasteiger partial charge is 0.368 e. The summed E-state index contributed by atoms with van der Waals surface area (Å²) in [5.74, 6) is -0.330. The van der Waals surface area contributed by atoms with Crippen molar-refractivity contribution < 1.29 is 13.2 Å². The van der Waals surface area contributed by atoms with Gasteiger partial charge in [-0.05, 0) is 45.7 Å². The molecular formula is C16H27N5O3S. The fourth-order valence-electron chi connectivity index (χ4n) is 4.11. The van der Waals surface area contributed by atoms with E-state index in [0.29, 0.717) is 31.6 Å². The molecule has 0 saturated carbocycles. The number of aryl methyl sites for hydroxylation is 2. The molecule has 2 aliphatic rings. The van der Waals surface area contributed by atoms with Crippen molar-refractivity contribution in [2.45, 2.75) is 49.5 Å². The van der Waals surface area contributed by atoms with Gasteiger partial charge in [0.2, 0.25) is 15.9 Å². The summed E-state index contributed by atoms with van der Waals surface area (Å²) in [4.78, 5) is 14.7. The van der Waals surface area contributed by atoms with Crippen molar-refractivity contribution >= 4 is 15.9 Å². The second-order valence-corrected chi connectivity index (χ2v) is 9.01. The monoisotopic (exact) mass is 369 g/mol. The van der Waals surface area contributed by atoms with Crippen molar-refractivity contribution in [2.24, 2.45) is 12.8 Å². The highest BCUT2D eigenvalue weighted by atomic mass is 32.2. The van der Waals surface area contributed by atoms with E-state index in [1.54, 1.807) is 14.0 Å². The van der Waals surface area contributed by atoms with Crippen LogP contribution in [0.1, 0.15) is 37.8 Å². The van der Waals surface area contributed by atoms with Crippen molar-refractivity contribution in [2.75, 3.05) is 26.2 Å². The van der Waals surface area contributed by atoms with Crippen LogP contribution in [-0.2, 0) is 21.9 Å². The number of rotatable bonds is 4. The summed E-state index contributed by atoms with van der Waals surface area (Å²) in [6.07, 6.45) is 5.72. The van der Waals surface area contributed by atoms with Crippen LogP contribution in [0.5, 0.6) is 0 Å². The number of primary amides is 1. The summed E-state index contributed by atoms with van der Waals surface area (Å²) >= 11 is 0. The molecule has 1 aromatic heterocycles. The Morgan fingerprint density at radius 2 is 1.76 bits per heavy atom. The van der Waals surface area contributed by atoms with E-state index in [0.717, 1.165) is 25.9 Å². The molecule has 0 aromatic carbocycles. The molecule has 140 valence electrons. The first kappa shape index (κ1) is 18.3. The van der Waals surface area contributed by atoms with Crippen molar-refractivity contribution in [1.82, 2.24) is 19.0 Å². The first-order valence-electron chi connectivity index (χ1n) is 8.83. The number of likely N-dealkylation sites (tertiary alicyclic amines) is 1. The molecule has 0 spiro atoms. The maximum Gasteiger partial charge on any atom is 0.246 e. The molecule has 0 radical (unpaired) electrons. The van der Waals surface area contributed by atoms with E-state index in [1.165, 1.54) is 21.6 Å². The van der Waals surface area contributed by atoms with Gasteiger partial charge in [-0.3, -0.25) is 14.4 Å². The second-order valence-electron chi connectivity index (χ2n) is 7.10. The van der Waals surface area contributed by atoms with Crippen molar-refractivity contribution in [3.8, 4) is 0 Å². The van der Waals surface area contributed by atoms with E-state index < -0.39 is 15.6 Å². The number of carbonyl (C=O) groups excluding carboxylic acids is 1. The van der Waals surface area contributed by atoms with Crippen LogP contribution in [-0.4, -0.2) is 65.0 Å². The van der Waals surface area contributed by atoms with E-state index in [2.05, 4.69) is 10.00 Å². The minimum atomic E-state index is -3.60. The SMILES string of the molecule is Cc1nn(C)cc1S(=O)(=O)N1CCC(C(N)=O)(N2CCCCC2)CC1. The Balaban J connectivity index is 1.80. The highest BCUT2D eigenvalue weighted by Gasteiger charge is 2.47. The molecule has 8 nitrogen and oxygen atoms in total. The molecule has 2 N–H and O–H groups in total. The van der Waals surface area contributed by atoms with Gasteiger partial charge in [0, 0.05) is 26.3 Å². The number of hydrogen-bond acceptors (Lipinski definition) is 5. The number of carbonyl (C=O) groups is 1. The summed E-state index contributed by atoms with van der Waals surface area (Å²) in [6.45, 7) is 4.01. The molecular weight excluding hydrogens is 342 g/mol. The van der Waals surface area contributed by atoms with Crippen LogP contribution in [0, 0.1) is 6.92 Å². The van der Waals surface area contributed by atoms with E-state index in [9.17, 15) is 13.2 Å². The Kier molecular flexibility index (Phi) is 4.91. The number of piperidine rings is 2. The molecule has 3 heterocycles. The smallest absolute Gasteiger partial charge is 0.246 e. The van der Waals surface area contributed by atoms with Crippen molar-refractivity contribution in [3.63, 3.8) is 0 Å². The molecule has 0 aliphatic carbocycles. The molecule has 2 fully saturated rings. The molecule has 0 unspecified atom stereocenters. The van der Waals surface area contributed by atoms with Gasteiger partial charge in [-0.15, -0.1) is 0 Å². The molecule has 1 aromatic rings. The van der Waals surface area contributed by atoms with Crippen LogP contribution >= 0.6 is 0 Å². The van der Waals surface area contributed by atoms with Gasteiger partial charge in [0.05, 0.1) is 5.69 Å². The zero-order valence-corrected chi connectivity index (χ0v) is 15.8. The van der Waals surface area contributed by atoms with Crippen LogP contribution < -0.4 is 5.73 Å². The zero-order chi connectivity index (χ0) is 18.2. The van der Waals surface area contributed by atoms with Crippen molar-refractivity contribution in [1.29, 1.82) is 0 Å². The lowest BCUT2D eigenvalue weighted by atomic mass is 9.84. The third-order valence-electron chi connectivity index (χ3n) is 5.56. The first-order chi connectivity index (χ1) is 11.8. The van der Waals surface area contributed by atoms with Gasteiger partial charge in [-0.25, -0.2) is 8.42 Å². The van der Waals surface area contributed by atoms with Gasteiger partial charge in [0.1, 0.15) is 10.4 Å². The molecule has 1 amide bonds. The topological polar surface area (TPSA) is 102 Å². The summed E-state index contributed by atoms with van der Waals surface area (Å²) in [5, 5.41) is 4.13. The first-order valence-corrected chi connectivity index (χ1v) is 10.3. The van der Waals surface area contributed by atoms with Gasteiger partial charge in [-0.2, -0.15) is 9.40 Å². The maximum atomic E-state index is 12.9. The fourth-order valence-corrected chi connectivity index (χ4v) is 5.75. The number of nitrogens with two attached hydrogens (primary N) is 1. The van der Waals surface area contributed by atoms with Crippen LogP contribution in [0.4, 0.5) is 0 Å². The molecule has 2 aliphatic heterocycles. The molecule has 25 heavy (non-hydrogen) atoms. The van der Waals surface area contributed by atoms with Crippen LogP contribution in [0.3, 0.4) is 0 Å². The lowest BCUT2D eigenvalue weighted by molar-refractivity contribution is -0.134. The highest BCUT2D eigenvalue weighted by molar-refractivity contribution is 7.89. The van der Waals surface area contributed by atoms with E-state index >= 15 is 0 Å². The number of sulfonamides is 1. The second kappa shape index (κ2) is 6.69. The van der Waals surface area contributed by atoms with Gasteiger partial charge in [-0.1, -0.05) is 6.42 Å². The Morgan fingerprint density at radius 1 is 1.16 bits per heavy atom. The van der Waals surface area contributed by atoms with Gasteiger partial charge < -0.3 is 5.73 Å². The predicted octanol–water partition coefficient (Wildman–Crippen LogP) is 0.223. The van der Waals surface area contributed by atoms with Crippen LogP contribution in [0.25, 0.3) is 0 Å². The van der Waals surface area contributed by atoms with Gasteiger partial charge in [0.25, 0.3) is 0 Å². The third-order valence-corrected chi connectivity index (χ3v) is 7.56. The lowest BCUT2D eigenvalue weighted by Crippen LogP contribution is -2.63. The molecule has 2 saturated heterocycles. The Morgan fingerprint density at radius 3 is 2.24 bits per heavy atom.